The molecule has 0 bridgehead atoms. The van der Waals surface area contributed by atoms with E-state index in [0.717, 1.165) is 0 Å². The molecule has 0 aliphatic rings. The van der Waals surface area contributed by atoms with Crippen LogP contribution in [0.25, 0.3) is 0 Å². The summed E-state index contributed by atoms with van der Waals surface area (Å²) in [5, 5.41) is 0. The summed E-state index contributed by atoms with van der Waals surface area (Å²) in [4.78, 5) is 147. The van der Waals surface area contributed by atoms with Crippen molar-refractivity contribution >= 4 is 54.3 Å². The van der Waals surface area contributed by atoms with E-state index in [2.05, 4.69) is 12.3 Å². The van der Waals surface area contributed by atoms with Crippen molar-refractivity contribution in [3.63, 3.8) is 0 Å². The van der Waals surface area contributed by atoms with Crippen LogP contribution in [0, 0.1) is 0 Å². The Hall–Kier alpha value is 2.25. The third-order valence-corrected chi connectivity index (χ3v) is 7.29. The van der Waals surface area contributed by atoms with Crippen molar-refractivity contribution in [3.05, 3.63) is 0 Å². The molecule has 21 nitrogen and oxygen atoms in total. The van der Waals surface area contributed by atoms with E-state index in [4.69, 9.17) is 71.9 Å². The Morgan fingerprint density at radius 3 is 0.467 bits per heavy atom. The zero-order valence-corrected chi connectivity index (χ0v) is 21.2. The summed E-state index contributed by atoms with van der Waals surface area (Å²) >= 11 is 0. The van der Waals surface area contributed by atoms with E-state index >= 15 is 0 Å². The van der Waals surface area contributed by atoms with Crippen molar-refractivity contribution in [2.75, 3.05) is 0 Å². The van der Waals surface area contributed by atoms with Gasteiger partial charge in [-0.3, -0.25) is 0 Å². The summed E-state index contributed by atoms with van der Waals surface area (Å²) in [5.41, 5.74) is 0. The molecule has 0 rings (SSSR count). The van der Waals surface area contributed by atoms with Crippen LogP contribution in [0.3, 0.4) is 0 Å². The van der Waals surface area contributed by atoms with Crippen molar-refractivity contribution in [1.29, 1.82) is 0 Å². The summed E-state index contributed by atoms with van der Waals surface area (Å²) in [7, 11) is -30.8. The predicted octanol–water partition coefficient (Wildman–Crippen LogP) is -23.4. The summed E-state index contributed by atoms with van der Waals surface area (Å²) in [6.45, 7) is 0. The van der Waals surface area contributed by atoms with E-state index in [1.807, 2.05) is 0 Å². The van der Waals surface area contributed by atoms with Crippen molar-refractivity contribution in [2.45, 2.75) is 0 Å². The van der Waals surface area contributed by atoms with Crippen molar-refractivity contribution < 1.29 is 155 Å². The molecule has 30 heteroatoms. The summed E-state index contributed by atoms with van der Waals surface area (Å²) < 4.78 is 9.38. The standard InChI is InChI=1S/3Li.2H6O7Si2.H3O7Si2/c;;;3*1-8(2,3)7-9(4,5)6/h;;;2*1-6H;1-3H/q3*+1;;;-3. The van der Waals surface area contributed by atoms with Gasteiger partial charge in [0.05, 0.1) is 0 Å². The average Bonchev–Trinajstić information content (AvgIpc) is 1.96. The summed E-state index contributed by atoms with van der Waals surface area (Å²) in [6.07, 6.45) is 0. The van der Waals surface area contributed by atoms with Gasteiger partial charge >= 0.3 is 102 Å². The van der Waals surface area contributed by atoms with Gasteiger partial charge in [0.25, 0.3) is 0 Å². The molecule has 0 unspecified atom stereocenters. The van der Waals surface area contributed by atoms with Gasteiger partial charge in [-0.25, -0.2) is 0 Å². The average molecular weight is 540 g/mol. The van der Waals surface area contributed by atoms with Gasteiger partial charge in [0.1, 0.15) is 0 Å². The molecule has 0 radical (unpaired) electrons. The molecule has 0 atom stereocenters. The molecule has 0 aliphatic carbocycles. The van der Waals surface area contributed by atoms with Crippen LogP contribution in [0.15, 0.2) is 0 Å². The predicted molar refractivity (Wildman–Crippen MR) is 71.1 cm³/mol. The molecule has 0 aromatic rings. The van der Waals surface area contributed by atoms with Crippen LogP contribution in [-0.4, -0.2) is 126 Å². The molecule has 0 saturated carbocycles. The maximum atomic E-state index is 9.48. The van der Waals surface area contributed by atoms with Crippen LogP contribution in [0.4, 0.5) is 0 Å². The minimum absolute atomic E-state index is 0. The van der Waals surface area contributed by atoms with Crippen molar-refractivity contribution in [2.24, 2.45) is 0 Å². The Bertz CT molecular complexity index is 292. The van der Waals surface area contributed by atoms with E-state index in [9.17, 15) is 14.4 Å². The van der Waals surface area contributed by atoms with Crippen LogP contribution in [0.5, 0.6) is 0 Å². The Kier molecular flexibility index (Phi) is 25.6. The molecule has 0 saturated heterocycles. The fraction of sp³-hybridized carbons (Fsp3) is 0. The SMILES string of the molecule is O[Si](O)(O)O[Si](O)(O)O.O[Si](O)(O)O[Si](O)(O)O.[Li+].[Li+].[Li+].[O-][Si]([O-])([O-])O[Si](O)(O)O. The van der Waals surface area contributed by atoms with Crippen LogP contribution in [-0.2, 0) is 12.3 Å². The fourth-order valence-electron chi connectivity index (χ4n) is 0.535. The monoisotopic (exact) mass is 540 g/mol. The van der Waals surface area contributed by atoms with Gasteiger partial charge in [0.2, 0.25) is 0 Å². The second-order valence-electron chi connectivity index (χ2n) is 3.68. The smallest absolute Gasteiger partial charge is 0.861 e. The van der Waals surface area contributed by atoms with Crippen molar-refractivity contribution in [1.82, 2.24) is 0 Å². The Labute approximate surface area is 208 Å². The molecule has 0 spiro atoms. The first kappa shape index (κ1) is 45.7. The summed E-state index contributed by atoms with van der Waals surface area (Å²) in [6, 6.07) is 0. The van der Waals surface area contributed by atoms with Crippen molar-refractivity contribution in [3.8, 4) is 0 Å². The molecule has 0 aromatic carbocycles. The third-order valence-electron chi connectivity index (χ3n) is 0.810. The Morgan fingerprint density at radius 2 is 0.467 bits per heavy atom. The Balaban J connectivity index is -0.0000000686. The van der Waals surface area contributed by atoms with E-state index in [0.29, 0.717) is 0 Å². The maximum absolute atomic E-state index is 9.48. The van der Waals surface area contributed by atoms with Gasteiger partial charge in [0.15, 0.2) is 0 Å². The van der Waals surface area contributed by atoms with Crippen LogP contribution < -0.4 is 71.0 Å². The van der Waals surface area contributed by atoms with E-state index in [1.54, 1.807) is 0 Å². The van der Waals surface area contributed by atoms with Crippen LogP contribution in [0.2, 0.25) is 0 Å². The van der Waals surface area contributed by atoms with Gasteiger partial charge in [0, 0.05) is 0 Å². The van der Waals surface area contributed by atoms with Gasteiger partial charge < -0.3 is 98.7 Å². The molecule has 0 heterocycles. The molecule has 0 fully saturated rings. The van der Waals surface area contributed by atoms with Gasteiger partial charge in [-0.05, 0) is 0 Å². The molecule has 30 heavy (non-hydrogen) atoms. The van der Waals surface area contributed by atoms with Crippen LogP contribution >= 0.6 is 0 Å². The second-order valence-corrected chi connectivity index (χ2v) is 12.9. The molecule has 168 valence electrons. The fourth-order valence-corrected chi connectivity index (χ4v) is 4.82. The second kappa shape index (κ2) is 16.8. The molecule has 0 amide bonds. The van der Waals surface area contributed by atoms with Gasteiger partial charge in [-0.2, -0.15) is 0 Å². The first-order chi connectivity index (χ1) is 11.1. The normalized spacial score (nSPS) is 12.6. The zero-order valence-electron chi connectivity index (χ0n) is 15.2. The Morgan fingerprint density at radius 1 is 0.333 bits per heavy atom. The van der Waals surface area contributed by atoms with Crippen LogP contribution in [0.1, 0.15) is 0 Å². The first-order valence-corrected chi connectivity index (χ1v) is 15.6. The topological polar surface area (TPSA) is 400 Å². The van der Waals surface area contributed by atoms with E-state index in [1.165, 1.54) is 0 Å². The molecular formula is H15Li3O21Si6. The quantitative estimate of drug-likeness (QED) is 0.139. The summed E-state index contributed by atoms with van der Waals surface area (Å²) in [5.74, 6) is 0. The zero-order chi connectivity index (χ0) is 23.1. The third kappa shape index (κ3) is 63.1. The first-order valence-electron chi connectivity index (χ1n) is 5.19. The molecule has 0 aliphatic heterocycles. The largest absolute Gasteiger partial charge is 1.00 e. The minimum Gasteiger partial charge on any atom is -0.861 e. The minimum atomic E-state index is -5.73. The number of hydrogen-bond donors (Lipinski definition) is 15. The number of rotatable bonds is 6. The van der Waals surface area contributed by atoms with E-state index < -0.39 is 54.3 Å². The van der Waals surface area contributed by atoms with Gasteiger partial charge in [-0.1, -0.05) is 0 Å². The van der Waals surface area contributed by atoms with E-state index in [-0.39, 0.29) is 56.6 Å². The van der Waals surface area contributed by atoms with Gasteiger partial charge in [-0.15, -0.1) is 9.05 Å². The maximum Gasteiger partial charge on any atom is 1.00 e. The number of hydrogen-bond acceptors (Lipinski definition) is 21. The molecule has 0 aromatic heterocycles. The molecule has 15 N–H and O–H groups in total. The molecular weight excluding hydrogens is 525 g/mol.